The molecule has 27 heavy (non-hydrogen) atoms. The van der Waals surface area contributed by atoms with Crippen molar-refractivity contribution >= 4 is 29.5 Å². The van der Waals surface area contributed by atoms with Gasteiger partial charge in [0, 0.05) is 13.7 Å². The molecule has 3 rings (SSSR count). The third-order valence-electron chi connectivity index (χ3n) is 4.46. The number of rotatable bonds is 6. The number of ether oxygens (including phenoxy) is 1. The predicted molar refractivity (Wildman–Crippen MR) is 95.3 cm³/mol. The van der Waals surface area contributed by atoms with E-state index in [2.05, 4.69) is 20.3 Å². The van der Waals surface area contributed by atoms with Gasteiger partial charge in [-0.05, 0) is 12.8 Å². The number of carboxylic acids is 1. The number of hydrogen-bond acceptors (Lipinski definition) is 7. The minimum absolute atomic E-state index is 0.157. The number of nitrogens with one attached hydrogen (secondary N) is 2. The molecule has 1 saturated heterocycles. The van der Waals surface area contributed by atoms with Crippen molar-refractivity contribution in [2.75, 3.05) is 25.1 Å². The number of aromatic carboxylic acids is 1. The third-order valence-corrected chi connectivity index (χ3v) is 4.77. The zero-order valence-corrected chi connectivity index (χ0v) is 15.6. The lowest BCUT2D eigenvalue weighted by molar-refractivity contribution is 0.0529. The Morgan fingerprint density at radius 1 is 1.52 bits per heavy atom. The van der Waals surface area contributed by atoms with Crippen LogP contribution in [0.2, 0.25) is 5.15 Å². The van der Waals surface area contributed by atoms with Crippen LogP contribution in [0.5, 0.6) is 0 Å². The van der Waals surface area contributed by atoms with E-state index in [9.17, 15) is 9.59 Å². The summed E-state index contributed by atoms with van der Waals surface area (Å²) in [6.07, 6.45) is 1.97. The number of carbonyl (C=O) groups excluding carboxylic acids is 1. The molecule has 3 N–H and O–H groups in total. The number of imidazole rings is 1. The monoisotopic (exact) mass is 397 g/mol. The van der Waals surface area contributed by atoms with Crippen molar-refractivity contribution < 1.29 is 23.8 Å². The summed E-state index contributed by atoms with van der Waals surface area (Å²) in [7, 11) is 1.55. The van der Waals surface area contributed by atoms with Gasteiger partial charge >= 0.3 is 5.97 Å². The molecule has 146 valence electrons. The van der Waals surface area contributed by atoms with Gasteiger partial charge in [0.05, 0.1) is 24.4 Å². The SMILES string of the molecule is CCc1[nH]c(C(=O)NC2CCN(c3nc(C(=O)O)co3)CC2OC)nc1Cl. The molecule has 0 spiro atoms. The number of hydrogen-bond donors (Lipinski definition) is 3. The summed E-state index contributed by atoms with van der Waals surface area (Å²) in [5.41, 5.74) is 0.550. The number of carboxylic acid groups (broad SMARTS) is 1. The van der Waals surface area contributed by atoms with E-state index in [0.29, 0.717) is 36.8 Å². The van der Waals surface area contributed by atoms with E-state index in [1.165, 1.54) is 0 Å². The molecule has 11 heteroatoms. The van der Waals surface area contributed by atoms with Gasteiger partial charge in [-0.15, -0.1) is 0 Å². The number of halogens is 1. The van der Waals surface area contributed by atoms with Gasteiger partial charge in [-0.3, -0.25) is 4.79 Å². The Kier molecular flexibility index (Phi) is 5.66. The molecule has 0 aromatic carbocycles. The fourth-order valence-corrected chi connectivity index (χ4v) is 3.23. The molecule has 0 bridgehead atoms. The Hall–Kier alpha value is -2.59. The second kappa shape index (κ2) is 7.97. The molecular formula is C16H20ClN5O5. The molecular weight excluding hydrogens is 378 g/mol. The lowest BCUT2D eigenvalue weighted by Crippen LogP contribution is -2.55. The number of nitrogens with zero attached hydrogens (tertiary/aromatic N) is 3. The Morgan fingerprint density at radius 3 is 2.89 bits per heavy atom. The Morgan fingerprint density at radius 2 is 2.30 bits per heavy atom. The van der Waals surface area contributed by atoms with Crippen LogP contribution in [0.3, 0.4) is 0 Å². The summed E-state index contributed by atoms with van der Waals surface area (Å²) in [5, 5.41) is 12.2. The van der Waals surface area contributed by atoms with Crippen molar-refractivity contribution in [3.05, 3.63) is 28.6 Å². The number of piperidine rings is 1. The molecule has 1 amide bonds. The van der Waals surface area contributed by atoms with Crippen molar-refractivity contribution in [1.82, 2.24) is 20.3 Å². The van der Waals surface area contributed by atoms with Crippen LogP contribution in [0.4, 0.5) is 6.01 Å². The molecule has 1 fully saturated rings. The first kappa shape index (κ1) is 19.2. The molecule has 1 aliphatic heterocycles. The number of H-pyrrole nitrogens is 1. The molecule has 0 saturated carbocycles. The van der Waals surface area contributed by atoms with Gasteiger partial charge in [-0.1, -0.05) is 18.5 Å². The number of aryl methyl sites for hydroxylation is 1. The molecule has 0 radical (unpaired) electrons. The van der Waals surface area contributed by atoms with Crippen molar-refractivity contribution in [1.29, 1.82) is 0 Å². The van der Waals surface area contributed by atoms with Gasteiger partial charge in [-0.25, -0.2) is 9.78 Å². The smallest absolute Gasteiger partial charge is 0.357 e. The third kappa shape index (κ3) is 4.06. The maximum absolute atomic E-state index is 12.5. The first-order valence-corrected chi connectivity index (χ1v) is 8.82. The Bertz CT molecular complexity index is 835. The summed E-state index contributed by atoms with van der Waals surface area (Å²) in [6, 6.07) is -0.0359. The first-order valence-electron chi connectivity index (χ1n) is 8.44. The van der Waals surface area contributed by atoms with Gasteiger partial charge in [0.15, 0.2) is 16.7 Å². The second-order valence-corrected chi connectivity index (χ2v) is 6.48. The maximum atomic E-state index is 12.5. The standard InChI is InChI=1S/C16H20ClN5O5/c1-3-8-12(17)21-13(18-8)14(23)19-9-4-5-22(6-11(9)26-2)16-20-10(7-27-16)15(24)25/h7,9,11H,3-6H2,1-2H3,(H,18,21)(H,19,23)(H,24,25). The van der Waals surface area contributed by atoms with E-state index in [4.69, 9.17) is 25.9 Å². The lowest BCUT2D eigenvalue weighted by atomic mass is 10.0. The quantitative estimate of drug-likeness (QED) is 0.664. The highest BCUT2D eigenvalue weighted by molar-refractivity contribution is 6.30. The number of aromatic nitrogens is 3. The van der Waals surface area contributed by atoms with Crippen LogP contribution in [0, 0.1) is 0 Å². The van der Waals surface area contributed by atoms with Gasteiger partial charge in [-0.2, -0.15) is 4.98 Å². The normalized spacial score (nSPS) is 19.9. The van der Waals surface area contributed by atoms with E-state index in [0.717, 1.165) is 6.26 Å². The van der Waals surface area contributed by atoms with E-state index < -0.39 is 5.97 Å². The molecule has 0 aliphatic carbocycles. The fraction of sp³-hybridized carbons (Fsp3) is 0.500. The molecule has 2 unspecified atom stereocenters. The lowest BCUT2D eigenvalue weighted by Gasteiger charge is -2.37. The minimum Gasteiger partial charge on any atom is -0.476 e. The van der Waals surface area contributed by atoms with E-state index in [1.54, 1.807) is 12.0 Å². The Labute approximate surface area is 159 Å². The number of oxazole rings is 1. The van der Waals surface area contributed by atoms with Gasteiger partial charge in [0.1, 0.15) is 6.26 Å². The topological polar surface area (TPSA) is 134 Å². The van der Waals surface area contributed by atoms with Gasteiger partial charge in [0.2, 0.25) is 0 Å². The molecule has 3 heterocycles. The predicted octanol–water partition coefficient (Wildman–Crippen LogP) is 1.34. The maximum Gasteiger partial charge on any atom is 0.357 e. The van der Waals surface area contributed by atoms with Crippen molar-refractivity contribution in [2.24, 2.45) is 0 Å². The molecule has 10 nitrogen and oxygen atoms in total. The summed E-state index contributed by atoms with van der Waals surface area (Å²) in [6.45, 7) is 2.82. The highest BCUT2D eigenvalue weighted by Gasteiger charge is 2.33. The number of amides is 1. The second-order valence-electron chi connectivity index (χ2n) is 6.12. The van der Waals surface area contributed by atoms with Crippen LogP contribution in [0.25, 0.3) is 0 Å². The minimum atomic E-state index is -1.15. The number of methoxy groups -OCH3 is 1. The van der Waals surface area contributed by atoms with Crippen molar-refractivity contribution in [3.63, 3.8) is 0 Å². The van der Waals surface area contributed by atoms with Crippen LogP contribution < -0.4 is 10.2 Å². The van der Waals surface area contributed by atoms with Crippen molar-refractivity contribution in [3.8, 4) is 0 Å². The number of carbonyl (C=O) groups is 2. The summed E-state index contributed by atoms with van der Waals surface area (Å²) in [5.74, 6) is -1.35. The average Bonchev–Trinajstić information content (AvgIpc) is 3.29. The van der Waals surface area contributed by atoms with Crippen LogP contribution in [0.1, 0.15) is 40.1 Å². The van der Waals surface area contributed by atoms with Crippen LogP contribution in [-0.4, -0.2) is 64.3 Å². The van der Waals surface area contributed by atoms with Crippen LogP contribution in [0.15, 0.2) is 10.7 Å². The highest BCUT2D eigenvalue weighted by atomic mass is 35.5. The largest absolute Gasteiger partial charge is 0.476 e. The summed E-state index contributed by atoms with van der Waals surface area (Å²) in [4.78, 5) is 36.1. The van der Waals surface area contributed by atoms with Crippen LogP contribution >= 0.6 is 11.6 Å². The molecule has 2 atom stereocenters. The fourth-order valence-electron chi connectivity index (χ4n) is 2.97. The molecule has 2 aromatic heterocycles. The summed E-state index contributed by atoms with van der Waals surface area (Å²) >= 11 is 5.99. The summed E-state index contributed by atoms with van der Waals surface area (Å²) < 4.78 is 10.7. The van der Waals surface area contributed by atoms with Crippen molar-refractivity contribution in [2.45, 2.75) is 31.9 Å². The van der Waals surface area contributed by atoms with E-state index >= 15 is 0 Å². The average molecular weight is 398 g/mol. The zero-order chi connectivity index (χ0) is 19.6. The first-order chi connectivity index (χ1) is 12.9. The highest BCUT2D eigenvalue weighted by Crippen LogP contribution is 2.22. The zero-order valence-electron chi connectivity index (χ0n) is 14.9. The Balaban J connectivity index is 1.65. The molecule has 1 aliphatic rings. The van der Waals surface area contributed by atoms with Gasteiger partial charge < -0.3 is 29.5 Å². The molecule has 2 aromatic rings. The van der Waals surface area contributed by atoms with E-state index in [1.807, 2.05) is 6.92 Å². The number of aromatic amines is 1. The van der Waals surface area contributed by atoms with Crippen LogP contribution in [-0.2, 0) is 11.2 Å². The van der Waals surface area contributed by atoms with E-state index in [-0.39, 0.29) is 35.6 Å². The number of anilines is 1. The van der Waals surface area contributed by atoms with Gasteiger partial charge in [0.25, 0.3) is 11.9 Å².